The van der Waals surface area contributed by atoms with Gasteiger partial charge in [0.2, 0.25) is 0 Å². The molecule has 0 fully saturated rings. The van der Waals surface area contributed by atoms with Crippen molar-refractivity contribution in [3.8, 4) is 11.5 Å². The Morgan fingerprint density at radius 3 is 2.53 bits per heavy atom. The second kappa shape index (κ2) is 8.52. The number of hydrogen-bond acceptors (Lipinski definition) is 8. The van der Waals surface area contributed by atoms with Crippen molar-refractivity contribution < 1.29 is 32.7 Å². The molecule has 176 valence electrons. The smallest absolute Gasteiger partial charge is 0.416 e. The van der Waals surface area contributed by atoms with Gasteiger partial charge in [-0.1, -0.05) is 6.07 Å². The Kier molecular flexibility index (Phi) is 5.86. The van der Waals surface area contributed by atoms with Crippen LogP contribution in [0.2, 0.25) is 0 Å². The molecule has 1 atom stereocenters. The summed E-state index contributed by atoms with van der Waals surface area (Å²) in [5.41, 5.74) is -2.49. The van der Waals surface area contributed by atoms with Gasteiger partial charge in [-0.2, -0.15) is 13.2 Å². The Morgan fingerprint density at radius 1 is 1.15 bits per heavy atom. The number of aromatic hydroxyl groups is 2. The van der Waals surface area contributed by atoms with E-state index in [-0.39, 0.29) is 29.1 Å². The number of phenolic OH excluding ortho intramolecular Hbond substituents is 1. The van der Waals surface area contributed by atoms with Crippen molar-refractivity contribution in [2.45, 2.75) is 29.7 Å². The van der Waals surface area contributed by atoms with Crippen LogP contribution < -0.4 is 5.63 Å². The normalized spacial score (nSPS) is 15.9. The fourth-order valence-corrected chi connectivity index (χ4v) is 4.74. The van der Waals surface area contributed by atoms with Crippen LogP contribution in [0.4, 0.5) is 24.5 Å². The molecule has 4 rings (SSSR count). The van der Waals surface area contributed by atoms with Gasteiger partial charge in [0.25, 0.3) is 0 Å². The lowest BCUT2D eigenvalue weighted by atomic mass is 10.0. The van der Waals surface area contributed by atoms with Gasteiger partial charge in [-0.3, -0.25) is 15.1 Å². The lowest BCUT2D eigenvalue weighted by Crippen LogP contribution is -2.17. The molecule has 1 aliphatic rings. The van der Waals surface area contributed by atoms with Crippen LogP contribution in [0, 0.1) is 17.0 Å². The number of nitro groups is 1. The third kappa shape index (κ3) is 4.49. The van der Waals surface area contributed by atoms with Gasteiger partial charge in [0, 0.05) is 28.7 Å². The van der Waals surface area contributed by atoms with Crippen LogP contribution in [-0.4, -0.2) is 20.8 Å². The van der Waals surface area contributed by atoms with Gasteiger partial charge in [0.1, 0.15) is 17.1 Å². The summed E-state index contributed by atoms with van der Waals surface area (Å²) >= 11 is 1.09. The minimum absolute atomic E-state index is 0.0439. The molecule has 8 nitrogen and oxygen atoms in total. The number of benzene rings is 2. The van der Waals surface area contributed by atoms with E-state index in [0.29, 0.717) is 10.5 Å². The number of fused-ring (bicyclic) bond motifs is 1. The predicted molar refractivity (Wildman–Crippen MR) is 117 cm³/mol. The molecule has 0 aliphatic carbocycles. The minimum Gasteiger partial charge on any atom is -0.507 e. The number of phenols is 1. The SMILES string of the molecule is Cc1cc(O)c(C2=Nc3cc(C(F)(F)F)ccc3S[C@@H](c3ccc(O)c([N+](=O)[O-])c3)C2)c(=O)o1. The second-order valence-electron chi connectivity index (χ2n) is 7.46. The van der Waals surface area contributed by atoms with Gasteiger partial charge in [-0.05, 0) is 36.8 Å². The van der Waals surface area contributed by atoms with E-state index in [4.69, 9.17) is 4.42 Å². The topological polar surface area (TPSA) is 126 Å². The number of alkyl halides is 3. The van der Waals surface area contributed by atoms with Gasteiger partial charge < -0.3 is 14.6 Å². The van der Waals surface area contributed by atoms with E-state index < -0.39 is 44.7 Å². The largest absolute Gasteiger partial charge is 0.507 e. The average molecular weight is 492 g/mol. The highest BCUT2D eigenvalue weighted by Gasteiger charge is 2.33. The second-order valence-corrected chi connectivity index (χ2v) is 8.70. The van der Waals surface area contributed by atoms with Crippen molar-refractivity contribution in [2.24, 2.45) is 4.99 Å². The van der Waals surface area contributed by atoms with E-state index in [1.807, 2.05) is 0 Å². The van der Waals surface area contributed by atoms with Crippen LogP contribution in [0.3, 0.4) is 0 Å². The zero-order valence-electron chi connectivity index (χ0n) is 17.3. The van der Waals surface area contributed by atoms with Crippen LogP contribution in [0.5, 0.6) is 11.5 Å². The zero-order chi connectivity index (χ0) is 24.8. The molecule has 1 aromatic heterocycles. The van der Waals surface area contributed by atoms with Crippen molar-refractivity contribution in [2.75, 3.05) is 0 Å². The van der Waals surface area contributed by atoms with E-state index in [1.54, 1.807) is 0 Å². The molecule has 2 aromatic carbocycles. The van der Waals surface area contributed by atoms with Crippen molar-refractivity contribution >= 4 is 28.8 Å². The molecule has 2 heterocycles. The molecular weight excluding hydrogens is 477 g/mol. The Labute approximate surface area is 193 Å². The quantitative estimate of drug-likeness (QED) is 0.358. The lowest BCUT2D eigenvalue weighted by molar-refractivity contribution is -0.385. The van der Waals surface area contributed by atoms with Crippen LogP contribution in [0.1, 0.15) is 34.1 Å². The van der Waals surface area contributed by atoms with Crippen LogP contribution in [0.25, 0.3) is 0 Å². The molecule has 12 heteroatoms. The monoisotopic (exact) mass is 492 g/mol. The minimum atomic E-state index is -4.64. The van der Waals surface area contributed by atoms with Crippen molar-refractivity contribution in [1.82, 2.24) is 0 Å². The molecule has 0 unspecified atom stereocenters. The summed E-state index contributed by atoms with van der Waals surface area (Å²) in [7, 11) is 0. The van der Waals surface area contributed by atoms with Crippen LogP contribution in [0.15, 0.2) is 61.6 Å². The summed E-state index contributed by atoms with van der Waals surface area (Å²) in [6.45, 7) is 1.44. The maximum Gasteiger partial charge on any atom is 0.416 e. The number of nitro benzene ring substituents is 1. The Morgan fingerprint density at radius 2 is 1.88 bits per heavy atom. The van der Waals surface area contributed by atoms with E-state index in [9.17, 15) is 38.3 Å². The highest BCUT2D eigenvalue weighted by molar-refractivity contribution is 7.99. The van der Waals surface area contributed by atoms with Gasteiger partial charge in [-0.15, -0.1) is 11.8 Å². The third-order valence-corrected chi connectivity index (χ3v) is 6.42. The fourth-order valence-electron chi connectivity index (χ4n) is 3.53. The highest BCUT2D eigenvalue weighted by atomic mass is 32.2. The first-order valence-corrected chi connectivity index (χ1v) is 10.6. The molecular formula is C22H15F3N2O6S. The first kappa shape index (κ1) is 23.4. The summed E-state index contributed by atoms with van der Waals surface area (Å²) in [6.07, 6.45) is -4.71. The Balaban J connectivity index is 1.92. The lowest BCUT2D eigenvalue weighted by Gasteiger charge is -2.16. The highest BCUT2D eigenvalue weighted by Crippen LogP contribution is 2.48. The Bertz CT molecular complexity index is 1400. The molecule has 0 bridgehead atoms. The molecule has 2 N–H and O–H groups in total. The average Bonchev–Trinajstić information content (AvgIpc) is 2.91. The standard InChI is InChI=1S/C22H15F3N2O6S/c1-10-6-17(29)20(21(30)33-10)14-9-19(11-2-4-16(28)15(7-11)27(31)32)34-18-5-3-12(22(23,24)25)8-13(18)26-14/h2-8,19,28-29H,9H2,1H3/t19-/m1/s1. The Hall–Kier alpha value is -3.80. The maximum absolute atomic E-state index is 13.3. The maximum atomic E-state index is 13.3. The summed E-state index contributed by atoms with van der Waals surface area (Å²) < 4.78 is 45.0. The van der Waals surface area contributed by atoms with E-state index in [0.717, 1.165) is 36.0 Å². The number of hydrogen-bond donors (Lipinski definition) is 2. The molecule has 1 aliphatic heterocycles. The van der Waals surface area contributed by atoms with Gasteiger partial charge in [0.15, 0.2) is 5.75 Å². The summed E-state index contributed by atoms with van der Waals surface area (Å²) in [6, 6.07) is 7.86. The number of nitrogens with zero attached hydrogens (tertiary/aromatic N) is 2. The van der Waals surface area contributed by atoms with E-state index in [1.165, 1.54) is 25.1 Å². The first-order chi connectivity index (χ1) is 15.9. The fraction of sp³-hybridized carbons (Fsp3) is 0.182. The molecule has 34 heavy (non-hydrogen) atoms. The first-order valence-electron chi connectivity index (χ1n) is 9.71. The zero-order valence-corrected chi connectivity index (χ0v) is 18.1. The van der Waals surface area contributed by atoms with Gasteiger partial charge in [-0.25, -0.2) is 4.79 Å². The molecule has 0 saturated carbocycles. The summed E-state index contributed by atoms with van der Waals surface area (Å²) in [5, 5.41) is 30.8. The third-order valence-electron chi connectivity index (χ3n) is 5.10. The molecule has 0 saturated heterocycles. The van der Waals surface area contributed by atoms with Crippen molar-refractivity contribution in [3.05, 3.63) is 85.4 Å². The number of rotatable bonds is 3. The number of aryl methyl sites for hydroxylation is 1. The van der Waals surface area contributed by atoms with Crippen LogP contribution >= 0.6 is 11.8 Å². The van der Waals surface area contributed by atoms with E-state index in [2.05, 4.69) is 4.99 Å². The molecule has 3 aromatic rings. The number of aliphatic imine (C=N–C) groups is 1. The predicted octanol–water partition coefficient (Wildman–Crippen LogP) is 5.64. The van der Waals surface area contributed by atoms with Gasteiger partial charge >= 0.3 is 17.5 Å². The summed E-state index contributed by atoms with van der Waals surface area (Å²) in [4.78, 5) is 27.7. The van der Waals surface area contributed by atoms with Crippen molar-refractivity contribution in [1.29, 1.82) is 0 Å². The van der Waals surface area contributed by atoms with E-state index >= 15 is 0 Å². The number of thioether (sulfide) groups is 1. The summed E-state index contributed by atoms with van der Waals surface area (Å²) in [5.74, 6) is -0.878. The van der Waals surface area contributed by atoms with Crippen molar-refractivity contribution in [3.63, 3.8) is 0 Å². The molecule has 0 radical (unpaired) electrons. The molecule has 0 amide bonds. The number of halogens is 3. The molecule has 0 spiro atoms. The van der Waals surface area contributed by atoms with Crippen LogP contribution in [-0.2, 0) is 6.18 Å². The van der Waals surface area contributed by atoms with Gasteiger partial charge in [0.05, 0.1) is 21.9 Å².